The summed E-state index contributed by atoms with van der Waals surface area (Å²) in [5, 5.41) is 0. The lowest BCUT2D eigenvalue weighted by atomic mass is 10.2. The summed E-state index contributed by atoms with van der Waals surface area (Å²) in [5.74, 6) is 2.35. The molecule has 3 nitrogen and oxygen atoms in total. The quantitative estimate of drug-likeness (QED) is 0.438. The Morgan fingerprint density at radius 3 is 2.56 bits per heavy atom. The smallest absolute Gasteiger partial charge is 0.305 e. The van der Waals surface area contributed by atoms with E-state index in [0.29, 0.717) is 13.0 Å². The summed E-state index contributed by atoms with van der Waals surface area (Å²) < 4.78 is 4.86. The van der Waals surface area contributed by atoms with E-state index < -0.39 is 0 Å². The van der Waals surface area contributed by atoms with Gasteiger partial charge in [0.1, 0.15) is 0 Å². The second-order valence-electron chi connectivity index (χ2n) is 4.03. The monoisotopic (exact) mass is 247 g/mol. The van der Waals surface area contributed by atoms with Crippen LogP contribution in [0.5, 0.6) is 0 Å². The van der Waals surface area contributed by atoms with Gasteiger partial charge in [-0.2, -0.15) is 11.8 Å². The van der Waals surface area contributed by atoms with Gasteiger partial charge in [0, 0.05) is 18.7 Å². The third kappa shape index (κ3) is 11.9. The van der Waals surface area contributed by atoms with E-state index >= 15 is 0 Å². The van der Waals surface area contributed by atoms with Gasteiger partial charge in [-0.15, -0.1) is 0 Å². The van der Waals surface area contributed by atoms with Crippen LogP contribution in [-0.4, -0.2) is 49.6 Å². The SMILES string of the molecule is CCOC(=O)CCCCCSCCN(C)C. The van der Waals surface area contributed by atoms with Crippen molar-refractivity contribution in [3.05, 3.63) is 0 Å². The fourth-order valence-electron chi connectivity index (χ4n) is 1.23. The van der Waals surface area contributed by atoms with E-state index in [1.807, 2.05) is 18.7 Å². The van der Waals surface area contributed by atoms with Gasteiger partial charge in [-0.3, -0.25) is 4.79 Å². The zero-order valence-corrected chi connectivity index (χ0v) is 11.6. The highest BCUT2D eigenvalue weighted by molar-refractivity contribution is 7.99. The first-order valence-corrected chi connectivity index (χ1v) is 7.20. The van der Waals surface area contributed by atoms with Crippen LogP contribution in [0.4, 0.5) is 0 Å². The highest BCUT2D eigenvalue weighted by Crippen LogP contribution is 2.08. The Bertz CT molecular complexity index is 174. The van der Waals surface area contributed by atoms with E-state index in [1.54, 1.807) is 0 Å². The molecule has 0 heterocycles. The van der Waals surface area contributed by atoms with Gasteiger partial charge in [0.25, 0.3) is 0 Å². The third-order valence-electron chi connectivity index (χ3n) is 2.16. The van der Waals surface area contributed by atoms with Crippen LogP contribution in [0.25, 0.3) is 0 Å². The maximum Gasteiger partial charge on any atom is 0.305 e. The average Bonchev–Trinajstić information content (AvgIpc) is 2.22. The molecule has 0 radical (unpaired) electrons. The topological polar surface area (TPSA) is 29.5 Å². The number of hydrogen-bond acceptors (Lipinski definition) is 4. The van der Waals surface area contributed by atoms with E-state index in [4.69, 9.17) is 4.74 Å². The summed E-state index contributed by atoms with van der Waals surface area (Å²) in [6.45, 7) is 3.49. The maximum atomic E-state index is 11.0. The van der Waals surface area contributed by atoms with Crippen LogP contribution in [0.2, 0.25) is 0 Å². The van der Waals surface area contributed by atoms with Crippen LogP contribution in [0.3, 0.4) is 0 Å². The highest BCUT2D eigenvalue weighted by Gasteiger charge is 2.00. The number of hydrogen-bond donors (Lipinski definition) is 0. The molecule has 96 valence electrons. The molecule has 4 heteroatoms. The predicted octanol–water partition coefficient (Wildman–Crippen LogP) is 2.40. The number of rotatable bonds is 10. The van der Waals surface area contributed by atoms with Gasteiger partial charge < -0.3 is 9.64 Å². The third-order valence-corrected chi connectivity index (χ3v) is 3.21. The number of thioether (sulfide) groups is 1. The second kappa shape index (κ2) is 11.3. The van der Waals surface area contributed by atoms with Crippen LogP contribution in [0.1, 0.15) is 32.6 Å². The minimum absolute atomic E-state index is 0.0530. The van der Waals surface area contributed by atoms with Crippen LogP contribution in [-0.2, 0) is 9.53 Å². The van der Waals surface area contributed by atoms with E-state index in [1.165, 1.54) is 17.9 Å². The summed E-state index contributed by atoms with van der Waals surface area (Å²) in [6, 6.07) is 0. The molecular weight excluding hydrogens is 222 g/mol. The molecule has 0 amide bonds. The molecule has 0 aliphatic heterocycles. The Morgan fingerprint density at radius 2 is 1.94 bits per heavy atom. The van der Waals surface area contributed by atoms with E-state index in [9.17, 15) is 4.79 Å². The van der Waals surface area contributed by atoms with Crippen molar-refractivity contribution in [3.63, 3.8) is 0 Å². The highest BCUT2D eigenvalue weighted by atomic mass is 32.2. The summed E-state index contributed by atoms with van der Waals surface area (Å²) in [6.07, 6.45) is 3.88. The van der Waals surface area contributed by atoms with Crippen molar-refractivity contribution >= 4 is 17.7 Å². The van der Waals surface area contributed by atoms with Gasteiger partial charge in [-0.1, -0.05) is 6.42 Å². The Morgan fingerprint density at radius 1 is 1.19 bits per heavy atom. The zero-order chi connectivity index (χ0) is 12.2. The summed E-state index contributed by atoms with van der Waals surface area (Å²) >= 11 is 1.99. The molecule has 0 aliphatic carbocycles. The number of carbonyl (C=O) groups is 1. The Labute approximate surface area is 104 Å². The molecule has 16 heavy (non-hydrogen) atoms. The van der Waals surface area contributed by atoms with Crippen molar-refractivity contribution in [1.82, 2.24) is 4.90 Å². The molecule has 0 atom stereocenters. The van der Waals surface area contributed by atoms with Gasteiger partial charge in [-0.25, -0.2) is 0 Å². The zero-order valence-electron chi connectivity index (χ0n) is 10.8. The Hall–Kier alpha value is -0.220. The van der Waals surface area contributed by atoms with Crippen LogP contribution >= 0.6 is 11.8 Å². The Balaban J connectivity index is 3.07. The van der Waals surface area contributed by atoms with Crippen molar-refractivity contribution in [1.29, 1.82) is 0 Å². The first-order chi connectivity index (χ1) is 7.66. The lowest BCUT2D eigenvalue weighted by Crippen LogP contribution is -2.14. The minimum atomic E-state index is -0.0530. The van der Waals surface area contributed by atoms with Crippen molar-refractivity contribution < 1.29 is 9.53 Å². The predicted molar refractivity (Wildman–Crippen MR) is 71.0 cm³/mol. The number of esters is 1. The molecule has 0 fully saturated rings. The van der Waals surface area contributed by atoms with Gasteiger partial charge in [0.05, 0.1) is 6.61 Å². The largest absolute Gasteiger partial charge is 0.466 e. The second-order valence-corrected chi connectivity index (χ2v) is 5.26. The van der Waals surface area contributed by atoms with Gasteiger partial charge in [0.2, 0.25) is 0 Å². The average molecular weight is 247 g/mol. The first-order valence-electron chi connectivity index (χ1n) is 6.05. The van der Waals surface area contributed by atoms with Crippen LogP contribution in [0, 0.1) is 0 Å². The number of carbonyl (C=O) groups excluding carboxylic acids is 1. The molecule has 0 unspecified atom stereocenters. The molecule has 0 aliphatic rings. The summed E-state index contributed by atoms with van der Waals surface area (Å²) in [7, 11) is 4.19. The van der Waals surface area contributed by atoms with Crippen molar-refractivity contribution in [2.24, 2.45) is 0 Å². The van der Waals surface area contributed by atoms with Gasteiger partial charge in [0.15, 0.2) is 0 Å². The maximum absolute atomic E-state index is 11.0. The van der Waals surface area contributed by atoms with E-state index in [0.717, 1.165) is 19.4 Å². The van der Waals surface area contributed by atoms with Crippen LogP contribution in [0.15, 0.2) is 0 Å². The summed E-state index contributed by atoms with van der Waals surface area (Å²) in [4.78, 5) is 13.2. The molecule has 0 saturated carbocycles. The minimum Gasteiger partial charge on any atom is -0.466 e. The molecule has 0 spiro atoms. The van der Waals surface area contributed by atoms with Crippen molar-refractivity contribution in [2.75, 3.05) is 38.8 Å². The number of nitrogens with zero attached hydrogens (tertiary/aromatic N) is 1. The molecule has 0 aromatic heterocycles. The van der Waals surface area contributed by atoms with Crippen molar-refractivity contribution in [2.45, 2.75) is 32.6 Å². The molecule has 0 aromatic rings. The lowest BCUT2D eigenvalue weighted by Gasteiger charge is -2.08. The number of ether oxygens (including phenoxy) is 1. The molecule has 0 N–H and O–H groups in total. The van der Waals surface area contributed by atoms with Crippen LogP contribution < -0.4 is 0 Å². The number of unbranched alkanes of at least 4 members (excludes halogenated alkanes) is 2. The van der Waals surface area contributed by atoms with Gasteiger partial charge in [-0.05, 0) is 39.6 Å². The lowest BCUT2D eigenvalue weighted by molar-refractivity contribution is -0.143. The molecule has 0 aromatic carbocycles. The fourth-order valence-corrected chi connectivity index (χ4v) is 2.34. The fraction of sp³-hybridized carbons (Fsp3) is 0.917. The van der Waals surface area contributed by atoms with E-state index in [2.05, 4.69) is 19.0 Å². The first kappa shape index (κ1) is 15.8. The molecule has 0 bridgehead atoms. The molecule has 0 rings (SSSR count). The van der Waals surface area contributed by atoms with E-state index in [-0.39, 0.29) is 5.97 Å². The standard InChI is InChI=1S/C12H25NO2S/c1-4-15-12(14)8-6-5-7-10-16-11-9-13(2)3/h4-11H2,1-3H3. The normalized spacial score (nSPS) is 10.8. The molecule has 0 saturated heterocycles. The Kier molecular flexibility index (Phi) is 11.1. The molecular formula is C12H25NO2S. The van der Waals surface area contributed by atoms with Crippen molar-refractivity contribution in [3.8, 4) is 0 Å². The summed E-state index contributed by atoms with van der Waals surface area (Å²) in [5.41, 5.74) is 0. The van der Waals surface area contributed by atoms with Gasteiger partial charge >= 0.3 is 5.97 Å².